The lowest BCUT2D eigenvalue weighted by Crippen LogP contribution is -2.39. The summed E-state index contributed by atoms with van der Waals surface area (Å²) in [7, 11) is 0. The number of ketones is 2. The van der Waals surface area contributed by atoms with Crippen molar-refractivity contribution in [1.82, 2.24) is 10.2 Å². The highest BCUT2D eigenvalue weighted by atomic mass is 16.5. The van der Waals surface area contributed by atoms with Gasteiger partial charge in [0.2, 0.25) is 5.91 Å². The quantitative estimate of drug-likeness (QED) is 0.389. The second-order valence-electron chi connectivity index (χ2n) is 11.0. The monoisotopic (exact) mass is 542 g/mol. The van der Waals surface area contributed by atoms with Crippen molar-refractivity contribution in [2.45, 2.75) is 95.3 Å². The molecule has 2 aromatic carbocycles. The highest BCUT2D eigenvalue weighted by molar-refractivity contribution is 6.02. The van der Waals surface area contributed by atoms with Gasteiger partial charge in [-0.15, -0.1) is 0 Å². The number of ether oxygens (including phenoxy) is 1. The molecule has 1 amide bonds. The largest absolute Gasteiger partial charge is 0.474 e. The Labute approximate surface area is 238 Å². The molecule has 2 fully saturated rings. The highest BCUT2D eigenvalue weighted by Gasteiger charge is 2.38. The maximum absolute atomic E-state index is 12.1. The summed E-state index contributed by atoms with van der Waals surface area (Å²) < 4.78 is 4.36. The lowest BCUT2D eigenvalue weighted by atomic mass is 10.0. The molecule has 0 aromatic heterocycles. The molecule has 6 rings (SSSR count). The standard InChI is InChI=1S/C16H19NO2.C14H17NO.C4H6O/c1-11(18)17(12-6-2-3-7-12)15-10-16(19)14-9-5-4-8-13(14)15;16-14-9-13(15-10-5-1-2-6-10)11-7-3-4-8-12(11)14;1-3-5-4-2/h4-5,8-9,12,15H,2-3,6-7,10H2,1H3;3-4,7-8,10,13,15H,1-2,5-6,9H2;3-4H,1-2H2. The number of benzene rings is 2. The number of nitrogens with zero attached hydrogens (tertiary/aromatic N) is 1. The van der Waals surface area contributed by atoms with Crippen LogP contribution in [-0.4, -0.2) is 34.5 Å². The first-order chi connectivity index (χ1) is 19.4. The second-order valence-corrected chi connectivity index (χ2v) is 11.0. The van der Waals surface area contributed by atoms with Crippen molar-refractivity contribution in [3.05, 3.63) is 96.5 Å². The predicted octanol–water partition coefficient (Wildman–Crippen LogP) is 7.24. The van der Waals surface area contributed by atoms with Crippen LogP contribution < -0.4 is 5.32 Å². The number of Topliss-reactive ketones (excluding diaryl/α,β-unsaturated/α-hetero) is 2. The van der Waals surface area contributed by atoms with E-state index in [2.05, 4.69) is 29.3 Å². The summed E-state index contributed by atoms with van der Waals surface area (Å²) in [5.41, 5.74) is 3.98. The van der Waals surface area contributed by atoms with Gasteiger partial charge in [0.05, 0.1) is 18.6 Å². The minimum absolute atomic E-state index is 0.0377. The van der Waals surface area contributed by atoms with Crippen LogP contribution in [0, 0.1) is 0 Å². The van der Waals surface area contributed by atoms with E-state index in [1.807, 2.05) is 47.4 Å². The van der Waals surface area contributed by atoms with E-state index in [1.54, 1.807) is 6.92 Å². The number of carbonyl (C=O) groups excluding carboxylic acids is 3. The first-order valence-electron chi connectivity index (χ1n) is 14.6. The molecule has 4 aliphatic rings. The van der Waals surface area contributed by atoms with Crippen LogP contribution in [0.15, 0.2) is 74.2 Å². The molecule has 1 N–H and O–H groups in total. The van der Waals surface area contributed by atoms with E-state index in [0.717, 1.165) is 29.5 Å². The van der Waals surface area contributed by atoms with E-state index in [0.29, 0.717) is 30.7 Å². The molecule has 2 unspecified atom stereocenters. The lowest BCUT2D eigenvalue weighted by molar-refractivity contribution is -0.133. The number of amides is 1. The van der Waals surface area contributed by atoms with Crippen LogP contribution in [0.3, 0.4) is 0 Å². The van der Waals surface area contributed by atoms with Crippen molar-refractivity contribution < 1.29 is 19.1 Å². The van der Waals surface area contributed by atoms with Gasteiger partial charge < -0.3 is 15.0 Å². The molecule has 0 heterocycles. The van der Waals surface area contributed by atoms with Crippen molar-refractivity contribution in [2.24, 2.45) is 0 Å². The van der Waals surface area contributed by atoms with Crippen LogP contribution in [0.25, 0.3) is 0 Å². The van der Waals surface area contributed by atoms with Crippen molar-refractivity contribution >= 4 is 17.5 Å². The molecule has 2 saturated carbocycles. The molecule has 0 bridgehead atoms. The summed E-state index contributed by atoms with van der Waals surface area (Å²) in [6.07, 6.45) is 13.5. The fraction of sp³-hybridized carbons (Fsp3) is 0.441. The molecule has 4 aliphatic carbocycles. The van der Waals surface area contributed by atoms with E-state index < -0.39 is 0 Å². The summed E-state index contributed by atoms with van der Waals surface area (Å²) in [6.45, 7) is 8.14. The zero-order valence-corrected chi connectivity index (χ0v) is 23.6. The summed E-state index contributed by atoms with van der Waals surface area (Å²) in [4.78, 5) is 37.9. The Kier molecular flexibility index (Phi) is 10.5. The molecule has 0 spiro atoms. The molecule has 40 heavy (non-hydrogen) atoms. The second kappa shape index (κ2) is 14.2. The normalized spacial score (nSPS) is 21.4. The fourth-order valence-electron chi connectivity index (χ4n) is 6.65. The third-order valence-electron chi connectivity index (χ3n) is 8.43. The molecule has 0 aliphatic heterocycles. The van der Waals surface area contributed by atoms with Crippen molar-refractivity contribution in [3.8, 4) is 0 Å². The Balaban J connectivity index is 0.000000160. The predicted molar refractivity (Wildman–Crippen MR) is 158 cm³/mol. The average Bonchev–Trinajstić information content (AvgIpc) is 3.77. The SMILES string of the molecule is C=COC=C.CC(=O)N(C1CCCC1)C1CC(=O)c2ccccc21.O=C1CC(NC2CCCC2)c2ccccc21. The van der Waals surface area contributed by atoms with Crippen molar-refractivity contribution in [3.63, 3.8) is 0 Å². The van der Waals surface area contributed by atoms with Crippen LogP contribution in [0.2, 0.25) is 0 Å². The lowest BCUT2D eigenvalue weighted by Gasteiger charge is -2.34. The van der Waals surface area contributed by atoms with Crippen molar-refractivity contribution in [2.75, 3.05) is 0 Å². The van der Waals surface area contributed by atoms with Crippen LogP contribution in [0.5, 0.6) is 0 Å². The molecule has 6 heteroatoms. The fourth-order valence-corrected chi connectivity index (χ4v) is 6.65. The van der Waals surface area contributed by atoms with E-state index in [9.17, 15) is 14.4 Å². The molecular formula is C34H42N2O4. The Hall–Kier alpha value is -3.51. The third kappa shape index (κ3) is 6.97. The zero-order valence-electron chi connectivity index (χ0n) is 23.6. The summed E-state index contributed by atoms with van der Waals surface area (Å²) in [5.74, 6) is 0.567. The number of fused-ring (bicyclic) bond motifs is 2. The van der Waals surface area contributed by atoms with Gasteiger partial charge in [0.15, 0.2) is 11.6 Å². The number of hydrogen-bond donors (Lipinski definition) is 1. The number of hydrogen-bond acceptors (Lipinski definition) is 5. The molecule has 6 nitrogen and oxygen atoms in total. The molecule has 212 valence electrons. The van der Waals surface area contributed by atoms with Crippen LogP contribution in [0.1, 0.15) is 115 Å². The number of rotatable bonds is 6. The highest BCUT2D eigenvalue weighted by Crippen LogP contribution is 2.39. The smallest absolute Gasteiger partial charge is 0.220 e. The maximum Gasteiger partial charge on any atom is 0.220 e. The Morgan fingerprint density at radius 3 is 1.93 bits per heavy atom. The number of nitrogens with one attached hydrogen (secondary N) is 1. The van der Waals surface area contributed by atoms with Gasteiger partial charge in [-0.1, -0.05) is 87.4 Å². The van der Waals surface area contributed by atoms with Gasteiger partial charge >= 0.3 is 0 Å². The maximum atomic E-state index is 12.1. The Morgan fingerprint density at radius 1 is 0.825 bits per heavy atom. The molecule has 2 aromatic rings. The Bertz CT molecular complexity index is 1200. The van der Waals surface area contributed by atoms with E-state index in [1.165, 1.54) is 56.6 Å². The van der Waals surface area contributed by atoms with Crippen LogP contribution in [-0.2, 0) is 9.53 Å². The van der Waals surface area contributed by atoms with E-state index in [-0.39, 0.29) is 23.8 Å². The number of carbonyl (C=O) groups is 3. The van der Waals surface area contributed by atoms with Crippen molar-refractivity contribution in [1.29, 1.82) is 0 Å². The average molecular weight is 543 g/mol. The third-order valence-corrected chi connectivity index (χ3v) is 8.43. The molecule has 0 saturated heterocycles. The molecule has 0 radical (unpaired) electrons. The van der Waals surface area contributed by atoms with Gasteiger partial charge in [-0.3, -0.25) is 14.4 Å². The minimum atomic E-state index is -0.0377. The molecule has 2 atom stereocenters. The first-order valence-corrected chi connectivity index (χ1v) is 14.6. The summed E-state index contributed by atoms with van der Waals surface area (Å²) in [6, 6.07) is 16.9. The van der Waals surface area contributed by atoms with Gasteiger partial charge in [0.25, 0.3) is 0 Å². The van der Waals surface area contributed by atoms with Gasteiger partial charge in [0.1, 0.15) is 0 Å². The van der Waals surface area contributed by atoms with Gasteiger partial charge in [-0.2, -0.15) is 0 Å². The van der Waals surface area contributed by atoms with Gasteiger partial charge in [-0.05, 0) is 36.8 Å². The van der Waals surface area contributed by atoms with E-state index >= 15 is 0 Å². The summed E-state index contributed by atoms with van der Waals surface area (Å²) in [5, 5.41) is 3.64. The first kappa shape index (κ1) is 29.5. The Morgan fingerprint density at radius 2 is 1.35 bits per heavy atom. The topological polar surface area (TPSA) is 75.7 Å². The zero-order chi connectivity index (χ0) is 28.5. The van der Waals surface area contributed by atoms with Gasteiger partial charge in [-0.25, -0.2) is 0 Å². The van der Waals surface area contributed by atoms with Gasteiger partial charge in [0, 0.05) is 49.0 Å². The summed E-state index contributed by atoms with van der Waals surface area (Å²) >= 11 is 0. The van der Waals surface area contributed by atoms with Crippen LogP contribution >= 0.6 is 0 Å². The minimum Gasteiger partial charge on any atom is -0.474 e. The van der Waals surface area contributed by atoms with E-state index in [4.69, 9.17) is 0 Å². The van der Waals surface area contributed by atoms with Crippen LogP contribution in [0.4, 0.5) is 0 Å². The molecular weight excluding hydrogens is 500 g/mol.